The number of H-pyrrole nitrogens is 2. The highest BCUT2D eigenvalue weighted by Gasteiger charge is 2.16. The molecule has 0 radical (unpaired) electrons. The van der Waals surface area contributed by atoms with Crippen molar-refractivity contribution in [1.29, 1.82) is 0 Å². The molecule has 10 heteroatoms. The van der Waals surface area contributed by atoms with Gasteiger partial charge in [0.05, 0.1) is 31.0 Å². The Bertz CT molecular complexity index is 983. The number of anilines is 1. The minimum atomic E-state index is -0.430. The molecule has 0 saturated carbocycles. The molecule has 1 aliphatic heterocycles. The molecule has 3 rings (SSSR count). The molecule has 8 nitrogen and oxygen atoms in total. The normalized spacial score (nSPS) is 14.8. The summed E-state index contributed by atoms with van der Waals surface area (Å²) in [6, 6.07) is 6.11. The highest BCUT2D eigenvalue weighted by molar-refractivity contribution is 7.71. The van der Waals surface area contributed by atoms with Gasteiger partial charge in [0.15, 0.2) is 4.77 Å². The molecule has 0 bridgehead atoms. The highest BCUT2D eigenvalue weighted by atomic mass is 32.1. The maximum atomic E-state index is 14.5. The summed E-state index contributed by atoms with van der Waals surface area (Å²) in [5.74, 6) is -0.780. The van der Waals surface area contributed by atoms with Gasteiger partial charge in [0.2, 0.25) is 5.91 Å². The monoisotopic (exact) mass is 405 g/mol. The minimum Gasteiger partial charge on any atom is -0.378 e. The topological polar surface area (TPSA) is 103 Å². The van der Waals surface area contributed by atoms with Crippen LogP contribution in [0, 0.1) is 10.6 Å². The summed E-state index contributed by atoms with van der Waals surface area (Å²) in [7, 11) is 0. The van der Waals surface area contributed by atoms with Crippen LogP contribution in [-0.2, 0) is 16.0 Å². The lowest BCUT2D eigenvalue weighted by atomic mass is 10.1. The van der Waals surface area contributed by atoms with Gasteiger partial charge in [0, 0.05) is 30.4 Å². The number of halogens is 1. The van der Waals surface area contributed by atoms with Crippen molar-refractivity contribution < 1.29 is 13.9 Å². The van der Waals surface area contributed by atoms with Crippen molar-refractivity contribution in [2.45, 2.75) is 13.3 Å². The number of aromatic nitrogens is 2. The molecule has 0 aliphatic carbocycles. The molecular weight excluding hydrogens is 385 g/mol. The van der Waals surface area contributed by atoms with E-state index < -0.39 is 5.91 Å². The van der Waals surface area contributed by atoms with Crippen LogP contribution in [0.4, 0.5) is 10.1 Å². The van der Waals surface area contributed by atoms with E-state index in [0.29, 0.717) is 49.0 Å². The standard InChI is InChI=1S/C18H20FN5O3S/c1-11(22-23-17(26)10-13-9-16(25)21-18(28)20-13)12-2-3-15(14(19)8-12)24-4-6-27-7-5-24/h2-3,8-9H,4-7,10H2,1H3,(H,23,26)(H2,20,21,25,28)/b22-11-. The van der Waals surface area contributed by atoms with Crippen LogP contribution in [0.2, 0.25) is 0 Å². The van der Waals surface area contributed by atoms with E-state index in [1.54, 1.807) is 19.1 Å². The summed E-state index contributed by atoms with van der Waals surface area (Å²) in [6.45, 7) is 4.11. The van der Waals surface area contributed by atoms with Crippen molar-refractivity contribution >= 4 is 29.5 Å². The summed E-state index contributed by atoms with van der Waals surface area (Å²) in [6.07, 6.45) is -0.0886. The molecule has 1 aromatic heterocycles. The first-order chi connectivity index (χ1) is 13.4. The molecule has 1 fully saturated rings. The molecule has 28 heavy (non-hydrogen) atoms. The minimum absolute atomic E-state index is 0.0886. The Morgan fingerprint density at radius 1 is 1.32 bits per heavy atom. The first-order valence-electron chi connectivity index (χ1n) is 8.70. The zero-order valence-electron chi connectivity index (χ0n) is 15.3. The van der Waals surface area contributed by atoms with Gasteiger partial charge in [-0.1, -0.05) is 6.07 Å². The maximum Gasteiger partial charge on any atom is 0.251 e. The smallest absolute Gasteiger partial charge is 0.251 e. The van der Waals surface area contributed by atoms with E-state index in [2.05, 4.69) is 20.5 Å². The largest absolute Gasteiger partial charge is 0.378 e. The Morgan fingerprint density at radius 2 is 2.07 bits per heavy atom. The third kappa shape index (κ3) is 5.11. The van der Waals surface area contributed by atoms with Gasteiger partial charge in [0.25, 0.3) is 5.56 Å². The SMILES string of the molecule is C/C(=N/NC(=O)Cc1cc(=O)[nH]c(=S)[nH]1)c1ccc(N2CCOCC2)c(F)c1. The number of hydrogen-bond acceptors (Lipinski definition) is 6. The van der Waals surface area contributed by atoms with Crippen molar-refractivity contribution in [3.8, 4) is 0 Å². The second-order valence-corrected chi connectivity index (χ2v) is 6.70. The second-order valence-electron chi connectivity index (χ2n) is 6.29. The van der Waals surface area contributed by atoms with Crippen molar-refractivity contribution in [3.63, 3.8) is 0 Å². The molecule has 1 aliphatic rings. The first kappa shape index (κ1) is 19.9. The molecule has 0 atom stereocenters. The molecular formula is C18H20FN5O3S. The zero-order chi connectivity index (χ0) is 20.1. The fourth-order valence-electron chi connectivity index (χ4n) is 2.83. The van der Waals surface area contributed by atoms with Crippen LogP contribution in [-0.4, -0.2) is 47.9 Å². The van der Waals surface area contributed by atoms with Crippen molar-refractivity contribution in [2.75, 3.05) is 31.2 Å². The van der Waals surface area contributed by atoms with Gasteiger partial charge in [-0.15, -0.1) is 0 Å². The number of ether oxygens (including phenoxy) is 1. The number of carbonyl (C=O) groups excluding carboxylic acids is 1. The molecule has 3 N–H and O–H groups in total. The van der Waals surface area contributed by atoms with Gasteiger partial charge in [-0.2, -0.15) is 5.10 Å². The van der Waals surface area contributed by atoms with Crippen LogP contribution >= 0.6 is 12.2 Å². The van der Waals surface area contributed by atoms with Gasteiger partial charge in [-0.25, -0.2) is 9.82 Å². The number of nitrogens with one attached hydrogen (secondary N) is 3. The molecule has 0 unspecified atom stereocenters. The predicted molar refractivity (Wildman–Crippen MR) is 106 cm³/mol. The van der Waals surface area contributed by atoms with Crippen LogP contribution in [0.3, 0.4) is 0 Å². The van der Waals surface area contributed by atoms with Gasteiger partial charge < -0.3 is 14.6 Å². The van der Waals surface area contributed by atoms with E-state index >= 15 is 0 Å². The van der Waals surface area contributed by atoms with Crippen molar-refractivity contribution in [1.82, 2.24) is 15.4 Å². The van der Waals surface area contributed by atoms with Gasteiger partial charge in [-0.3, -0.25) is 14.6 Å². The van der Waals surface area contributed by atoms with Gasteiger partial charge in [0.1, 0.15) is 5.82 Å². The fraction of sp³-hybridized carbons (Fsp3) is 0.333. The number of benzene rings is 1. The number of morpholine rings is 1. The zero-order valence-corrected chi connectivity index (χ0v) is 16.1. The molecule has 0 spiro atoms. The quantitative estimate of drug-likeness (QED) is 0.397. The third-order valence-corrected chi connectivity index (χ3v) is 4.44. The number of rotatable bonds is 5. The number of hydrazone groups is 1. The molecule has 1 amide bonds. The molecule has 2 heterocycles. The number of carbonyl (C=O) groups is 1. The third-order valence-electron chi connectivity index (χ3n) is 4.23. The maximum absolute atomic E-state index is 14.5. The summed E-state index contributed by atoms with van der Waals surface area (Å²) < 4.78 is 19.9. The summed E-state index contributed by atoms with van der Waals surface area (Å²) >= 11 is 4.86. The van der Waals surface area contributed by atoms with Gasteiger partial charge in [-0.05, 0) is 31.3 Å². The summed E-state index contributed by atoms with van der Waals surface area (Å²) in [5, 5.41) is 4.01. The highest BCUT2D eigenvalue weighted by Crippen LogP contribution is 2.21. The molecule has 1 saturated heterocycles. The Balaban J connectivity index is 1.65. The molecule has 1 aromatic carbocycles. The van der Waals surface area contributed by atoms with E-state index in [4.69, 9.17) is 17.0 Å². The van der Waals surface area contributed by atoms with E-state index in [-0.39, 0.29) is 22.6 Å². The Hall–Kier alpha value is -2.85. The van der Waals surface area contributed by atoms with Crippen molar-refractivity contribution in [3.05, 3.63) is 56.5 Å². The van der Waals surface area contributed by atoms with E-state index in [1.807, 2.05) is 4.90 Å². The summed E-state index contributed by atoms with van der Waals surface area (Å²) in [4.78, 5) is 30.4. The second kappa shape index (κ2) is 8.89. The van der Waals surface area contributed by atoms with Crippen LogP contribution in [0.5, 0.6) is 0 Å². The van der Waals surface area contributed by atoms with Crippen LogP contribution in [0.15, 0.2) is 34.2 Å². The lowest BCUT2D eigenvalue weighted by Gasteiger charge is -2.29. The Kier molecular flexibility index (Phi) is 6.32. The summed E-state index contributed by atoms with van der Waals surface area (Å²) in [5.41, 5.74) is 3.93. The van der Waals surface area contributed by atoms with Crippen LogP contribution in [0.1, 0.15) is 18.2 Å². The number of aromatic amines is 2. The van der Waals surface area contributed by atoms with Gasteiger partial charge >= 0.3 is 0 Å². The van der Waals surface area contributed by atoms with Crippen LogP contribution in [0.25, 0.3) is 0 Å². The lowest BCUT2D eigenvalue weighted by Crippen LogP contribution is -2.36. The first-order valence-corrected chi connectivity index (χ1v) is 9.11. The number of amides is 1. The van der Waals surface area contributed by atoms with E-state index in [1.165, 1.54) is 12.1 Å². The number of nitrogens with zero attached hydrogens (tertiary/aromatic N) is 2. The number of hydrogen-bond donors (Lipinski definition) is 3. The Morgan fingerprint density at radius 3 is 2.75 bits per heavy atom. The lowest BCUT2D eigenvalue weighted by molar-refractivity contribution is -0.120. The van der Waals surface area contributed by atoms with Crippen molar-refractivity contribution in [2.24, 2.45) is 5.10 Å². The average molecular weight is 405 g/mol. The van der Waals surface area contributed by atoms with E-state index in [9.17, 15) is 14.0 Å². The molecule has 2 aromatic rings. The molecule has 148 valence electrons. The van der Waals surface area contributed by atoms with E-state index in [0.717, 1.165) is 0 Å². The fourth-order valence-corrected chi connectivity index (χ4v) is 3.06. The average Bonchev–Trinajstić information content (AvgIpc) is 2.66. The Labute approximate surface area is 165 Å². The predicted octanol–water partition coefficient (Wildman–Crippen LogP) is 1.49. The van der Waals surface area contributed by atoms with Crippen LogP contribution < -0.4 is 15.9 Å².